The van der Waals surface area contributed by atoms with Crippen LogP contribution in [0.4, 0.5) is 0 Å². The lowest BCUT2D eigenvalue weighted by Gasteiger charge is -2.22. The van der Waals surface area contributed by atoms with Crippen molar-refractivity contribution in [3.63, 3.8) is 0 Å². The highest BCUT2D eigenvalue weighted by Gasteiger charge is 2.20. The SMILES string of the molecule is CCCNCC(Cc1c(Br)c(CC)nn1CC)C(C)C. The monoisotopic (exact) mass is 343 g/mol. The number of hydrogen-bond acceptors (Lipinski definition) is 2. The molecule has 20 heavy (non-hydrogen) atoms. The second-order valence-electron chi connectivity index (χ2n) is 5.79. The summed E-state index contributed by atoms with van der Waals surface area (Å²) in [6.07, 6.45) is 3.28. The van der Waals surface area contributed by atoms with Crippen LogP contribution < -0.4 is 5.32 Å². The highest BCUT2D eigenvalue weighted by Crippen LogP contribution is 2.26. The molecule has 0 bridgehead atoms. The smallest absolute Gasteiger partial charge is 0.0766 e. The van der Waals surface area contributed by atoms with Gasteiger partial charge in [-0.1, -0.05) is 27.7 Å². The summed E-state index contributed by atoms with van der Waals surface area (Å²) in [6, 6.07) is 0. The van der Waals surface area contributed by atoms with E-state index in [0.717, 1.165) is 32.5 Å². The lowest BCUT2D eigenvalue weighted by Crippen LogP contribution is -2.29. The van der Waals surface area contributed by atoms with Gasteiger partial charge in [-0.15, -0.1) is 0 Å². The zero-order chi connectivity index (χ0) is 15.1. The Morgan fingerprint density at radius 3 is 2.45 bits per heavy atom. The fourth-order valence-electron chi connectivity index (χ4n) is 2.47. The van der Waals surface area contributed by atoms with E-state index in [0.29, 0.717) is 11.8 Å². The van der Waals surface area contributed by atoms with Gasteiger partial charge in [-0.25, -0.2) is 0 Å². The molecular weight excluding hydrogens is 314 g/mol. The summed E-state index contributed by atoms with van der Waals surface area (Å²) in [7, 11) is 0. The van der Waals surface area contributed by atoms with E-state index in [2.05, 4.69) is 60.5 Å². The Hall–Kier alpha value is -0.350. The number of aromatic nitrogens is 2. The average molecular weight is 344 g/mol. The van der Waals surface area contributed by atoms with E-state index in [-0.39, 0.29) is 0 Å². The molecule has 1 heterocycles. The Bertz CT molecular complexity index is 399. The van der Waals surface area contributed by atoms with Crippen molar-refractivity contribution in [2.24, 2.45) is 11.8 Å². The molecule has 0 fully saturated rings. The van der Waals surface area contributed by atoms with Gasteiger partial charge >= 0.3 is 0 Å². The molecule has 1 aromatic heterocycles. The number of aryl methyl sites for hydroxylation is 2. The molecule has 3 nitrogen and oxygen atoms in total. The van der Waals surface area contributed by atoms with Gasteiger partial charge in [0, 0.05) is 6.54 Å². The zero-order valence-electron chi connectivity index (χ0n) is 13.7. The molecule has 1 unspecified atom stereocenters. The summed E-state index contributed by atoms with van der Waals surface area (Å²) in [6.45, 7) is 14.3. The van der Waals surface area contributed by atoms with Crippen LogP contribution in [0.5, 0.6) is 0 Å². The highest BCUT2D eigenvalue weighted by molar-refractivity contribution is 9.10. The number of rotatable bonds is 9. The van der Waals surface area contributed by atoms with Crippen molar-refractivity contribution in [2.75, 3.05) is 13.1 Å². The Kier molecular flexibility index (Phi) is 7.82. The van der Waals surface area contributed by atoms with Gasteiger partial charge in [0.15, 0.2) is 0 Å². The first kappa shape index (κ1) is 17.7. The molecule has 0 spiro atoms. The molecule has 0 aromatic carbocycles. The van der Waals surface area contributed by atoms with E-state index in [1.54, 1.807) is 0 Å². The average Bonchev–Trinajstić information content (AvgIpc) is 2.73. The Morgan fingerprint density at radius 1 is 1.25 bits per heavy atom. The third-order valence-electron chi connectivity index (χ3n) is 3.93. The predicted molar refractivity (Wildman–Crippen MR) is 90.2 cm³/mol. The number of nitrogens with one attached hydrogen (secondary N) is 1. The molecule has 0 radical (unpaired) electrons. The van der Waals surface area contributed by atoms with Crippen LogP contribution >= 0.6 is 15.9 Å². The van der Waals surface area contributed by atoms with Gasteiger partial charge in [-0.05, 0) is 67.0 Å². The third-order valence-corrected chi connectivity index (χ3v) is 4.84. The van der Waals surface area contributed by atoms with Crippen LogP contribution in [-0.4, -0.2) is 22.9 Å². The normalized spacial score (nSPS) is 13.2. The van der Waals surface area contributed by atoms with Crippen LogP contribution in [-0.2, 0) is 19.4 Å². The van der Waals surface area contributed by atoms with E-state index in [1.807, 2.05) is 0 Å². The summed E-state index contributed by atoms with van der Waals surface area (Å²) < 4.78 is 3.39. The van der Waals surface area contributed by atoms with Gasteiger partial charge in [0.25, 0.3) is 0 Å². The number of nitrogens with zero attached hydrogens (tertiary/aromatic N) is 2. The lowest BCUT2D eigenvalue weighted by atomic mass is 9.91. The van der Waals surface area contributed by atoms with E-state index in [4.69, 9.17) is 5.10 Å². The van der Waals surface area contributed by atoms with Crippen molar-refractivity contribution in [2.45, 2.75) is 60.4 Å². The highest BCUT2D eigenvalue weighted by atomic mass is 79.9. The maximum atomic E-state index is 4.70. The molecule has 1 rings (SSSR count). The summed E-state index contributed by atoms with van der Waals surface area (Å²) >= 11 is 3.76. The van der Waals surface area contributed by atoms with E-state index in [1.165, 1.54) is 22.3 Å². The maximum absolute atomic E-state index is 4.70. The molecule has 0 aliphatic heterocycles. The lowest BCUT2D eigenvalue weighted by molar-refractivity contribution is 0.351. The van der Waals surface area contributed by atoms with Gasteiger partial charge < -0.3 is 5.32 Å². The van der Waals surface area contributed by atoms with Crippen LogP contribution in [0, 0.1) is 11.8 Å². The first-order valence-corrected chi connectivity index (χ1v) is 8.79. The van der Waals surface area contributed by atoms with Crippen LogP contribution in [0.25, 0.3) is 0 Å². The number of halogens is 1. The van der Waals surface area contributed by atoms with Gasteiger partial charge in [0.05, 0.1) is 15.9 Å². The first-order chi connectivity index (χ1) is 9.54. The molecule has 0 saturated carbocycles. The fourth-order valence-corrected chi connectivity index (χ4v) is 3.19. The molecule has 1 N–H and O–H groups in total. The predicted octanol–water partition coefficient (Wildman–Crippen LogP) is 4.04. The minimum atomic E-state index is 0.657. The van der Waals surface area contributed by atoms with Crippen molar-refractivity contribution in [3.05, 3.63) is 15.9 Å². The van der Waals surface area contributed by atoms with Crippen LogP contribution in [0.3, 0.4) is 0 Å². The third kappa shape index (κ3) is 4.59. The molecule has 1 atom stereocenters. The quantitative estimate of drug-likeness (QED) is 0.685. The van der Waals surface area contributed by atoms with Crippen molar-refractivity contribution < 1.29 is 0 Å². The second kappa shape index (κ2) is 8.83. The standard InChI is InChI=1S/C16H30BrN3/c1-6-9-18-11-13(12(4)5)10-15-16(17)14(7-2)19-20(15)8-3/h12-13,18H,6-11H2,1-5H3. The van der Waals surface area contributed by atoms with Crippen molar-refractivity contribution in [3.8, 4) is 0 Å². The zero-order valence-corrected chi connectivity index (χ0v) is 15.3. The van der Waals surface area contributed by atoms with E-state index >= 15 is 0 Å². The molecule has 0 aliphatic rings. The molecular formula is C16H30BrN3. The molecule has 4 heteroatoms. The fraction of sp³-hybridized carbons (Fsp3) is 0.812. The minimum Gasteiger partial charge on any atom is -0.316 e. The molecule has 0 saturated heterocycles. The summed E-state index contributed by atoms with van der Waals surface area (Å²) in [5.74, 6) is 1.33. The molecule has 0 aliphatic carbocycles. The van der Waals surface area contributed by atoms with Crippen LogP contribution in [0.15, 0.2) is 4.47 Å². The van der Waals surface area contributed by atoms with Crippen LogP contribution in [0.2, 0.25) is 0 Å². The molecule has 1 aromatic rings. The van der Waals surface area contributed by atoms with Crippen molar-refractivity contribution in [1.82, 2.24) is 15.1 Å². The Labute approximate surface area is 132 Å². The van der Waals surface area contributed by atoms with Crippen molar-refractivity contribution >= 4 is 15.9 Å². The Morgan fingerprint density at radius 2 is 1.95 bits per heavy atom. The first-order valence-electron chi connectivity index (χ1n) is 7.99. The number of hydrogen-bond donors (Lipinski definition) is 1. The topological polar surface area (TPSA) is 29.9 Å². The maximum Gasteiger partial charge on any atom is 0.0766 e. The Balaban J connectivity index is 2.84. The van der Waals surface area contributed by atoms with E-state index < -0.39 is 0 Å². The molecule has 116 valence electrons. The van der Waals surface area contributed by atoms with Crippen LogP contribution in [0.1, 0.15) is 52.4 Å². The summed E-state index contributed by atoms with van der Waals surface area (Å²) in [4.78, 5) is 0. The van der Waals surface area contributed by atoms with Gasteiger partial charge in [0.1, 0.15) is 0 Å². The van der Waals surface area contributed by atoms with Gasteiger partial charge in [-0.3, -0.25) is 4.68 Å². The van der Waals surface area contributed by atoms with E-state index in [9.17, 15) is 0 Å². The summed E-state index contributed by atoms with van der Waals surface area (Å²) in [5, 5.41) is 8.27. The second-order valence-corrected chi connectivity index (χ2v) is 6.58. The van der Waals surface area contributed by atoms with Gasteiger partial charge in [0.2, 0.25) is 0 Å². The van der Waals surface area contributed by atoms with Crippen molar-refractivity contribution in [1.29, 1.82) is 0 Å². The summed E-state index contributed by atoms with van der Waals surface area (Å²) in [5.41, 5.74) is 2.55. The molecule has 0 amide bonds. The van der Waals surface area contributed by atoms with Gasteiger partial charge in [-0.2, -0.15) is 5.10 Å². The largest absolute Gasteiger partial charge is 0.316 e. The minimum absolute atomic E-state index is 0.657.